The van der Waals surface area contributed by atoms with Crippen LogP contribution in [0.4, 0.5) is 11.5 Å². The molecule has 0 radical (unpaired) electrons. The van der Waals surface area contributed by atoms with E-state index >= 15 is 0 Å². The van der Waals surface area contributed by atoms with E-state index in [2.05, 4.69) is 67.5 Å². The number of rotatable bonds is 23. The molecule has 8 aliphatic rings. The van der Waals surface area contributed by atoms with E-state index in [1.807, 2.05) is 0 Å². The number of carboxylic acids is 2. The monoisotopic (exact) mass is 1520 g/mol. The number of nitrogens with two attached hydrogens (primary N) is 1. The third kappa shape index (κ3) is 15.4. The van der Waals surface area contributed by atoms with Gasteiger partial charge in [0, 0.05) is 112 Å². The minimum absolute atomic E-state index is 0.00384. The summed E-state index contributed by atoms with van der Waals surface area (Å²) in [4.78, 5) is 136. The Morgan fingerprint density at radius 3 is 2.18 bits per heavy atom. The highest BCUT2D eigenvalue weighted by atomic mass is 31.3. The first-order chi connectivity index (χ1) is 51.2. The number of phenolic OH excluding ortho intramolecular Hbond substituents is 1. The molecule has 5 aromatic carbocycles. The summed E-state index contributed by atoms with van der Waals surface area (Å²) in [5.74, 6) is 2.16. The van der Waals surface area contributed by atoms with Gasteiger partial charge in [-0.05, 0) is 142 Å². The molecule has 1 saturated heterocycles. The van der Waals surface area contributed by atoms with E-state index in [1.54, 1.807) is 12.1 Å². The number of carboxylic acid groups (broad SMARTS) is 2. The van der Waals surface area contributed by atoms with Crippen molar-refractivity contribution in [3.8, 4) is 51.5 Å². The fourth-order valence-corrected chi connectivity index (χ4v) is 18.3. The van der Waals surface area contributed by atoms with E-state index in [-0.39, 0.29) is 118 Å². The smallest absolute Gasteiger partial charge is 0.490 e. The topological polar surface area (TPSA) is 458 Å². The van der Waals surface area contributed by atoms with Gasteiger partial charge in [0.1, 0.15) is 53.7 Å². The second-order valence-electron chi connectivity index (χ2n) is 26.8. The van der Waals surface area contributed by atoms with Crippen LogP contribution in [-0.2, 0) is 68.6 Å². The van der Waals surface area contributed by atoms with Gasteiger partial charge in [-0.15, -0.1) is 0 Å². The van der Waals surface area contributed by atoms with Crippen molar-refractivity contribution in [1.29, 1.82) is 0 Å². The van der Waals surface area contributed by atoms with Crippen molar-refractivity contribution in [2.24, 2.45) is 0 Å². The summed E-state index contributed by atoms with van der Waals surface area (Å²) >= 11 is 0. The number of aryl methyl sites for hydroxylation is 2. The van der Waals surface area contributed by atoms with E-state index in [9.17, 15) is 72.4 Å². The van der Waals surface area contributed by atoms with E-state index in [0.29, 0.717) is 30.4 Å². The van der Waals surface area contributed by atoms with Crippen LogP contribution in [-0.4, -0.2) is 126 Å². The molecule has 7 aliphatic heterocycles. The molecule has 1 fully saturated rings. The van der Waals surface area contributed by atoms with Crippen LogP contribution in [0.15, 0.2) is 99.1 Å². The van der Waals surface area contributed by atoms with Gasteiger partial charge in [0.25, 0.3) is 11.8 Å². The maximum atomic E-state index is 14.5. The van der Waals surface area contributed by atoms with Crippen LogP contribution in [0, 0.1) is 11.8 Å². The zero-order chi connectivity index (χ0) is 75.4. The highest BCUT2D eigenvalue weighted by molar-refractivity contribution is 7.66. The molecule has 1 aliphatic carbocycles. The van der Waals surface area contributed by atoms with Crippen LogP contribution in [0.1, 0.15) is 156 Å². The number of aromatic carboxylic acids is 2. The van der Waals surface area contributed by atoms with Crippen LogP contribution in [0.5, 0.6) is 17.2 Å². The Balaban J connectivity index is 0.628. The van der Waals surface area contributed by atoms with Crippen molar-refractivity contribution in [2.75, 3.05) is 56.5 Å². The molecule has 107 heavy (non-hydrogen) atoms. The van der Waals surface area contributed by atoms with Crippen LogP contribution >= 0.6 is 23.5 Å². The number of nitrogen functional groups attached to an aromatic ring is 1. The number of anilines is 2. The number of aromatic nitrogens is 2. The minimum Gasteiger partial charge on any atom is -0.507 e. The van der Waals surface area contributed by atoms with E-state index in [4.69, 9.17) is 29.4 Å². The third-order valence-electron chi connectivity index (χ3n) is 19.8. The summed E-state index contributed by atoms with van der Waals surface area (Å²) in [6, 6.07) is 20.0. The summed E-state index contributed by atoms with van der Waals surface area (Å²) in [7, 11) is -16.8. The predicted octanol–water partition coefficient (Wildman–Crippen LogP) is 6.65. The maximum Gasteiger partial charge on any atom is 0.490 e. The van der Waals surface area contributed by atoms with Crippen molar-refractivity contribution in [3.05, 3.63) is 183 Å². The van der Waals surface area contributed by atoms with E-state index < -0.39 is 77.3 Å². The molecule has 31 nitrogen and oxygen atoms in total. The number of unbranched alkanes of at least 4 members (excludes halogenated alkanes) is 2. The summed E-state index contributed by atoms with van der Waals surface area (Å²) in [6.45, 7) is 2.74. The highest BCUT2D eigenvalue weighted by Gasteiger charge is 2.43. The third-order valence-corrected chi connectivity index (χ3v) is 23.6. The Morgan fingerprint density at radius 1 is 0.720 bits per heavy atom. The average Bonchev–Trinajstić information content (AvgIpc) is 0.779. The molecule has 0 saturated carbocycles. The number of nitrogens with zero attached hydrogens (tertiary/aromatic N) is 4. The number of aromatic hydroxyl groups is 1. The molecule has 8 heterocycles. The van der Waals surface area contributed by atoms with E-state index in [1.165, 1.54) is 83.0 Å². The number of hydrogen-bond acceptors (Lipinski definition) is 20. The molecule has 4 atom stereocenters. The molecule has 556 valence electrons. The second-order valence-corrected chi connectivity index (χ2v) is 31.2. The lowest BCUT2D eigenvalue weighted by atomic mass is 9.81. The first-order valence-electron chi connectivity index (χ1n) is 34.7. The van der Waals surface area contributed by atoms with Crippen molar-refractivity contribution < 1.29 is 99.6 Å². The molecule has 4 unspecified atom stereocenters. The standard InChI is InChI=1S/C73H71N8O23P3/c74-68-43(37-81(73(91)78-68)60-24-18-45(100-60)38-99-106(95,96)104-107(97,98)103-105(92,93)94)9-4-26-75-59(84)14-2-1-3-25-76-69(85)41-15-19-46(52(33-41)71(87)88)61-48-21-17-44(82)35-58(48)101-65-49(61)22-23-57(83)56(65)36-77-70(86)42-16-20-47(53(34-42)72(89)90)62-54-31-39-10-5-27-79-29-7-12-50(63(39)79)66(54)102-67-51-13-8-30-80-28-6-11-40(64(51)80)32-55(62)67/h15-17,19-23,31-35,37,45,60H,1-3,5-8,10-14,18,24-30,36,38H2,(H11-,74,75,76,77,78,82,83,84,85,86,87,88,89,90,91,92,93,94,95,96,97,98)/p+1. The van der Waals surface area contributed by atoms with Gasteiger partial charge in [-0.3, -0.25) is 28.3 Å². The average molecular weight is 1520 g/mol. The number of fused-ring (bicyclic) bond motifs is 6. The van der Waals surface area contributed by atoms with Crippen LogP contribution in [0.3, 0.4) is 0 Å². The number of ether oxygens (including phenoxy) is 2. The zero-order valence-electron chi connectivity index (χ0n) is 57.2. The number of hydrogen-bond donors (Lipinski definition) is 11. The lowest BCUT2D eigenvalue weighted by molar-refractivity contribution is -0.121. The molecule has 12 N–H and O–H groups in total. The molecule has 0 spiro atoms. The van der Waals surface area contributed by atoms with Gasteiger partial charge in [0.2, 0.25) is 11.3 Å². The summed E-state index contributed by atoms with van der Waals surface area (Å²) in [5, 5.41) is 44.2. The molecule has 14 rings (SSSR count). The Labute approximate surface area is 608 Å². The van der Waals surface area contributed by atoms with Crippen molar-refractivity contribution in [2.45, 2.75) is 109 Å². The van der Waals surface area contributed by atoms with E-state index in [0.717, 1.165) is 121 Å². The molecular weight excluding hydrogens is 1450 g/mol. The van der Waals surface area contributed by atoms with Gasteiger partial charge in [-0.1, -0.05) is 30.4 Å². The van der Waals surface area contributed by atoms with Crippen LogP contribution in [0.25, 0.3) is 39.0 Å². The fourth-order valence-electron chi connectivity index (χ4n) is 15.2. The first kappa shape index (κ1) is 73.7. The number of nitrogens with one attached hydrogen (secondary N) is 3. The maximum absolute atomic E-state index is 14.5. The Hall–Kier alpha value is -10.2. The number of benzene rings is 6. The number of phosphoric ester groups is 1. The molecule has 3 amide bonds. The van der Waals surface area contributed by atoms with Crippen molar-refractivity contribution >= 4 is 81.2 Å². The Morgan fingerprint density at radius 2 is 1.42 bits per heavy atom. The summed E-state index contributed by atoms with van der Waals surface area (Å²) in [6.07, 6.45) is 8.24. The number of carbonyl (C=O) groups is 5. The quantitative estimate of drug-likeness (QED) is 0.0105. The summed E-state index contributed by atoms with van der Waals surface area (Å²) < 4.78 is 69.6. The lowest BCUT2D eigenvalue weighted by Crippen LogP contribution is -2.45. The molecule has 6 aromatic rings. The minimum atomic E-state index is -5.74. The Bertz CT molecular complexity index is 5540. The first-order valence-corrected chi connectivity index (χ1v) is 39.2. The molecule has 1 aromatic heterocycles. The largest absolute Gasteiger partial charge is 0.507 e. The van der Waals surface area contributed by atoms with Crippen LogP contribution < -0.4 is 57.6 Å². The van der Waals surface area contributed by atoms with Gasteiger partial charge < -0.3 is 75.4 Å². The predicted molar refractivity (Wildman–Crippen MR) is 385 cm³/mol. The number of amides is 3. The van der Waals surface area contributed by atoms with Gasteiger partial charge >= 0.3 is 41.1 Å². The number of phenols is 1. The Kier molecular flexibility index (Phi) is 20.6. The van der Waals surface area contributed by atoms with Gasteiger partial charge in [0.15, 0.2) is 5.43 Å². The summed E-state index contributed by atoms with van der Waals surface area (Å²) in [5.41, 5.74) is 13.1. The highest BCUT2D eigenvalue weighted by Crippen LogP contribution is 2.66. The normalized spacial score (nSPS) is 17.4. The lowest BCUT2D eigenvalue weighted by Gasteiger charge is -2.39. The van der Waals surface area contributed by atoms with Gasteiger partial charge in [0.05, 0.1) is 53.6 Å². The molecule has 0 bridgehead atoms. The molecule has 34 heteroatoms. The van der Waals surface area contributed by atoms with Crippen molar-refractivity contribution in [3.63, 3.8) is 0 Å². The van der Waals surface area contributed by atoms with Gasteiger partial charge in [-0.25, -0.2) is 32.7 Å². The molecular formula is C73H72N8O23P3+. The van der Waals surface area contributed by atoms with Crippen molar-refractivity contribution in [1.82, 2.24) is 30.1 Å². The second kappa shape index (κ2) is 29.9. The zero-order valence-corrected chi connectivity index (χ0v) is 59.8. The SMILES string of the molecule is Nc1nc(=O)n(C2CCC(COP(=O)(O)OP(=O)(O)OP(=O)(O)O)O2)cc1C#CCNC(=O)CCCCCNC(=O)c1ccc(-c2c3ccc(=O)cc-3oc3c(CNC(=O)c4ccc(C5=c6cc7c8c(c6Oc6c5cc5c9c6CCCN9CCC5)CCC[N+]=8CCC7)c(C(=O)O)c4)c(O)ccc23)c(C(=O)O)c1. The fraction of sp³-hybridized carbons (Fsp3) is 0.329. The number of phosphoric acid groups is 3. The van der Waals surface area contributed by atoms with Gasteiger partial charge in [-0.2, -0.15) is 13.6 Å². The number of carbonyl (C=O) groups excluding carboxylic acids is 3. The van der Waals surface area contributed by atoms with Crippen LogP contribution in [0.2, 0.25) is 0 Å².